The van der Waals surface area contributed by atoms with Gasteiger partial charge in [0.05, 0.1) is 22.5 Å². The highest BCUT2D eigenvalue weighted by atomic mass is 35.5. The van der Waals surface area contributed by atoms with E-state index >= 15 is 0 Å². The predicted octanol–water partition coefficient (Wildman–Crippen LogP) is 1.79. The van der Waals surface area contributed by atoms with E-state index in [4.69, 9.17) is 17.3 Å². The molecule has 0 saturated heterocycles. The molecule has 0 aliphatic heterocycles. The first-order chi connectivity index (χ1) is 7.77. The van der Waals surface area contributed by atoms with E-state index < -0.39 is 0 Å². The van der Waals surface area contributed by atoms with Crippen molar-refractivity contribution in [3.63, 3.8) is 0 Å². The highest BCUT2D eigenvalue weighted by molar-refractivity contribution is 6.46. The number of hydrogen-bond acceptors (Lipinski definition) is 3. The molecule has 0 unspecified atom stereocenters. The number of aromatic nitrogens is 2. The molecule has 0 aliphatic carbocycles. The van der Waals surface area contributed by atoms with Crippen LogP contribution in [0.2, 0.25) is 0 Å². The van der Waals surface area contributed by atoms with Crippen molar-refractivity contribution in [2.75, 3.05) is 7.05 Å². The molecule has 0 amide bonds. The molecule has 0 aliphatic rings. The van der Waals surface area contributed by atoms with E-state index in [0.29, 0.717) is 10.7 Å². The molecule has 2 N–H and O–H groups in total. The van der Waals surface area contributed by atoms with Gasteiger partial charge in [-0.25, -0.2) is 4.52 Å². The molecule has 2 aromatic rings. The summed E-state index contributed by atoms with van der Waals surface area (Å²) in [5, 5.41) is 4.63. The SMILES string of the molecule is CN=C(/C(Cl)=C\N)c1cnn2ccccc12. The summed E-state index contributed by atoms with van der Waals surface area (Å²) in [5.74, 6) is 0. The lowest BCUT2D eigenvalue weighted by atomic mass is 10.1. The van der Waals surface area contributed by atoms with Crippen molar-refractivity contribution in [2.24, 2.45) is 10.7 Å². The van der Waals surface area contributed by atoms with E-state index in [0.717, 1.165) is 11.1 Å². The first-order valence-corrected chi connectivity index (χ1v) is 5.13. The molecule has 82 valence electrons. The third kappa shape index (κ3) is 1.67. The van der Waals surface area contributed by atoms with E-state index in [1.165, 1.54) is 6.20 Å². The molecule has 2 aromatic heterocycles. The van der Waals surface area contributed by atoms with Crippen LogP contribution in [0.1, 0.15) is 5.56 Å². The second kappa shape index (κ2) is 4.37. The minimum absolute atomic E-state index is 0.418. The Hall–Kier alpha value is -1.81. The highest BCUT2D eigenvalue weighted by Crippen LogP contribution is 2.17. The maximum absolute atomic E-state index is 5.99. The van der Waals surface area contributed by atoms with Crippen LogP contribution >= 0.6 is 11.6 Å². The van der Waals surface area contributed by atoms with Crippen molar-refractivity contribution in [2.45, 2.75) is 0 Å². The number of nitrogens with zero attached hydrogens (tertiary/aromatic N) is 3. The van der Waals surface area contributed by atoms with Crippen LogP contribution in [0, 0.1) is 0 Å². The summed E-state index contributed by atoms with van der Waals surface area (Å²) >= 11 is 5.99. The van der Waals surface area contributed by atoms with Gasteiger partial charge in [-0.1, -0.05) is 17.7 Å². The zero-order chi connectivity index (χ0) is 11.5. The van der Waals surface area contributed by atoms with E-state index in [2.05, 4.69) is 10.1 Å². The van der Waals surface area contributed by atoms with E-state index in [-0.39, 0.29) is 0 Å². The average Bonchev–Trinajstić information content (AvgIpc) is 2.74. The van der Waals surface area contributed by atoms with Gasteiger partial charge in [-0.2, -0.15) is 5.10 Å². The number of rotatable bonds is 2. The third-order valence-electron chi connectivity index (χ3n) is 2.28. The van der Waals surface area contributed by atoms with E-state index in [1.807, 2.05) is 24.4 Å². The molecule has 0 fully saturated rings. The van der Waals surface area contributed by atoms with Gasteiger partial charge in [-0.15, -0.1) is 0 Å². The van der Waals surface area contributed by atoms with E-state index in [1.54, 1.807) is 17.8 Å². The first-order valence-electron chi connectivity index (χ1n) is 4.75. The maximum atomic E-state index is 5.99. The van der Waals surface area contributed by atoms with E-state index in [9.17, 15) is 0 Å². The van der Waals surface area contributed by atoms with Gasteiger partial charge in [0.15, 0.2) is 0 Å². The molecule has 0 spiro atoms. The lowest BCUT2D eigenvalue weighted by Crippen LogP contribution is -2.02. The van der Waals surface area contributed by atoms with Crippen molar-refractivity contribution in [3.8, 4) is 0 Å². The first kappa shape index (κ1) is 10.7. The number of nitrogens with two attached hydrogens (primary N) is 1. The number of hydrogen-bond donors (Lipinski definition) is 1. The van der Waals surface area contributed by atoms with Crippen molar-refractivity contribution in [1.29, 1.82) is 0 Å². The molecule has 2 rings (SSSR count). The molecule has 4 nitrogen and oxygen atoms in total. The van der Waals surface area contributed by atoms with Crippen molar-refractivity contribution >= 4 is 22.8 Å². The summed E-state index contributed by atoms with van der Waals surface area (Å²) in [6, 6.07) is 5.80. The smallest absolute Gasteiger partial charge is 0.0881 e. The maximum Gasteiger partial charge on any atom is 0.0881 e. The highest BCUT2D eigenvalue weighted by Gasteiger charge is 2.12. The van der Waals surface area contributed by atoms with Gasteiger partial charge in [-0.3, -0.25) is 4.99 Å². The second-order valence-corrected chi connectivity index (χ2v) is 3.58. The minimum Gasteiger partial charge on any atom is -0.403 e. The van der Waals surface area contributed by atoms with Crippen LogP contribution in [0.15, 0.2) is 46.8 Å². The second-order valence-electron chi connectivity index (χ2n) is 3.18. The fourth-order valence-electron chi connectivity index (χ4n) is 1.55. The summed E-state index contributed by atoms with van der Waals surface area (Å²) in [6.45, 7) is 0. The topological polar surface area (TPSA) is 55.7 Å². The van der Waals surface area contributed by atoms with Gasteiger partial charge in [0.25, 0.3) is 0 Å². The Morgan fingerprint density at radius 3 is 3.06 bits per heavy atom. The zero-order valence-corrected chi connectivity index (χ0v) is 9.52. The van der Waals surface area contributed by atoms with Gasteiger partial charge < -0.3 is 5.73 Å². The molecule has 0 bridgehead atoms. The zero-order valence-electron chi connectivity index (χ0n) is 8.76. The number of halogens is 1. The molecular weight excluding hydrogens is 224 g/mol. The van der Waals surface area contributed by atoms with Crippen LogP contribution in [0.4, 0.5) is 0 Å². The van der Waals surface area contributed by atoms with Gasteiger partial charge >= 0.3 is 0 Å². The summed E-state index contributed by atoms with van der Waals surface area (Å²) in [4.78, 5) is 4.13. The average molecular weight is 235 g/mol. The Labute approximate surface area is 98.0 Å². The molecule has 2 heterocycles. The fourth-order valence-corrected chi connectivity index (χ4v) is 1.74. The Kier molecular flexibility index (Phi) is 2.92. The Morgan fingerprint density at radius 2 is 2.38 bits per heavy atom. The predicted molar refractivity (Wildman–Crippen MR) is 65.8 cm³/mol. The molecule has 16 heavy (non-hydrogen) atoms. The Balaban J connectivity index is 2.63. The summed E-state index contributed by atoms with van der Waals surface area (Å²) < 4.78 is 1.77. The van der Waals surface area contributed by atoms with Crippen LogP contribution in [-0.4, -0.2) is 22.4 Å². The quantitative estimate of drug-likeness (QED) is 0.806. The van der Waals surface area contributed by atoms with Crippen molar-refractivity contribution in [1.82, 2.24) is 9.61 Å². The number of pyridine rings is 1. The molecule has 0 aromatic carbocycles. The summed E-state index contributed by atoms with van der Waals surface area (Å²) in [6.07, 6.45) is 4.92. The Bertz CT molecular complexity index is 568. The van der Waals surface area contributed by atoms with Gasteiger partial charge in [0.2, 0.25) is 0 Å². The minimum atomic E-state index is 0.418. The van der Waals surface area contributed by atoms with Crippen LogP contribution in [0.3, 0.4) is 0 Å². The molecule has 5 heteroatoms. The van der Waals surface area contributed by atoms with Crippen LogP contribution in [-0.2, 0) is 0 Å². The lowest BCUT2D eigenvalue weighted by molar-refractivity contribution is 0.961. The monoisotopic (exact) mass is 234 g/mol. The van der Waals surface area contributed by atoms with Crippen LogP contribution in [0.5, 0.6) is 0 Å². The van der Waals surface area contributed by atoms with Crippen molar-refractivity contribution < 1.29 is 0 Å². The summed E-state index contributed by atoms with van der Waals surface area (Å²) in [5.41, 5.74) is 7.86. The van der Waals surface area contributed by atoms with Crippen LogP contribution < -0.4 is 5.73 Å². The van der Waals surface area contributed by atoms with Crippen molar-refractivity contribution in [3.05, 3.63) is 47.4 Å². The standard InChI is InChI=1S/C11H11ClN4/c1-14-11(9(12)6-13)8-7-15-16-5-3-2-4-10(8)16/h2-7H,13H2,1H3/b9-6+,14-11?. The molecule has 0 atom stereocenters. The normalized spacial score (nSPS) is 13.4. The summed E-state index contributed by atoms with van der Waals surface area (Å²) in [7, 11) is 1.67. The van der Waals surface area contributed by atoms with Gasteiger partial charge in [0, 0.05) is 25.0 Å². The lowest BCUT2D eigenvalue weighted by Gasteiger charge is -2.01. The van der Waals surface area contributed by atoms with Gasteiger partial charge in [-0.05, 0) is 12.1 Å². The third-order valence-corrected chi connectivity index (χ3v) is 2.58. The van der Waals surface area contributed by atoms with Gasteiger partial charge in [0.1, 0.15) is 0 Å². The molecular formula is C11H11ClN4. The number of aliphatic imine (C=N–C) groups is 1. The fraction of sp³-hybridized carbons (Fsp3) is 0.0909. The number of fused-ring (bicyclic) bond motifs is 1. The van der Waals surface area contributed by atoms with Crippen LogP contribution in [0.25, 0.3) is 5.52 Å². The Morgan fingerprint density at radius 1 is 1.56 bits per heavy atom. The number of allylic oxidation sites excluding steroid dienone is 1. The molecule has 0 radical (unpaired) electrons. The molecule has 0 saturated carbocycles. The largest absolute Gasteiger partial charge is 0.403 e.